The normalized spacial score (nSPS) is 10.9. The predicted molar refractivity (Wildman–Crippen MR) is 117 cm³/mol. The van der Waals surface area contributed by atoms with Crippen molar-refractivity contribution in [2.75, 3.05) is 18.5 Å². The van der Waals surface area contributed by atoms with E-state index in [0.717, 1.165) is 29.2 Å². The van der Waals surface area contributed by atoms with Gasteiger partial charge in [-0.2, -0.15) is 0 Å². The molecule has 29 heavy (non-hydrogen) atoms. The van der Waals surface area contributed by atoms with Crippen molar-refractivity contribution >= 4 is 44.5 Å². The van der Waals surface area contributed by atoms with Gasteiger partial charge in [-0.05, 0) is 41.8 Å². The van der Waals surface area contributed by atoms with Crippen LogP contribution in [0.3, 0.4) is 0 Å². The van der Waals surface area contributed by atoms with Crippen molar-refractivity contribution in [3.8, 4) is 16.3 Å². The number of carboxylic acid groups (broad SMARTS) is 1. The van der Waals surface area contributed by atoms with Gasteiger partial charge in [-0.15, -0.1) is 22.7 Å². The highest BCUT2D eigenvalue weighted by Crippen LogP contribution is 2.36. The zero-order valence-electron chi connectivity index (χ0n) is 15.7. The van der Waals surface area contributed by atoms with E-state index in [1.807, 2.05) is 13.0 Å². The van der Waals surface area contributed by atoms with Crippen LogP contribution in [-0.4, -0.2) is 34.2 Å². The molecule has 0 unspecified atom stereocenters. The Balaban J connectivity index is 1.45. The molecule has 0 bridgehead atoms. The molecule has 8 heteroatoms. The van der Waals surface area contributed by atoms with E-state index in [0.29, 0.717) is 23.9 Å². The van der Waals surface area contributed by atoms with Gasteiger partial charge in [0.25, 0.3) is 0 Å². The monoisotopic (exact) mass is 425 g/mol. The molecule has 0 amide bonds. The van der Waals surface area contributed by atoms with E-state index in [2.05, 4.69) is 44.9 Å². The summed E-state index contributed by atoms with van der Waals surface area (Å²) in [6, 6.07) is 12.2. The van der Waals surface area contributed by atoms with Gasteiger partial charge in [-0.25, -0.2) is 14.8 Å². The number of benzene rings is 1. The molecule has 0 fully saturated rings. The number of aromatic carboxylic acids is 1. The first kappa shape index (κ1) is 19.4. The van der Waals surface area contributed by atoms with Gasteiger partial charge in [0.05, 0.1) is 17.2 Å². The molecule has 0 aliphatic heterocycles. The van der Waals surface area contributed by atoms with Crippen LogP contribution in [0.1, 0.15) is 22.2 Å². The largest absolute Gasteiger partial charge is 0.492 e. The third kappa shape index (κ3) is 4.38. The summed E-state index contributed by atoms with van der Waals surface area (Å²) in [6.07, 6.45) is 2.36. The van der Waals surface area contributed by atoms with Crippen LogP contribution in [0.25, 0.3) is 20.7 Å². The third-order valence-corrected chi connectivity index (χ3v) is 6.37. The van der Waals surface area contributed by atoms with Gasteiger partial charge in [0.15, 0.2) is 4.88 Å². The molecule has 0 saturated heterocycles. The lowest BCUT2D eigenvalue weighted by Crippen LogP contribution is -2.06. The van der Waals surface area contributed by atoms with E-state index in [9.17, 15) is 9.90 Å². The van der Waals surface area contributed by atoms with Gasteiger partial charge < -0.3 is 15.2 Å². The number of ether oxygens (including phenoxy) is 1. The van der Waals surface area contributed by atoms with Crippen LogP contribution in [0.5, 0.6) is 5.75 Å². The van der Waals surface area contributed by atoms with Crippen molar-refractivity contribution in [2.24, 2.45) is 0 Å². The van der Waals surface area contributed by atoms with Gasteiger partial charge in [-0.3, -0.25) is 0 Å². The van der Waals surface area contributed by atoms with Crippen LogP contribution in [0.15, 0.2) is 48.1 Å². The van der Waals surface area contributed by atoms with Crippen molar-refractivity contribution < 1.29 is 14.6 Å². The molecule has 0 saturated carbocycles. The predicted octanol–water partition coefficient (Wildman–Crippen LogP) is 5.17. The van der Waals surface area contributed by atoms with Crippen molar-refractivity contribution in [3.63, 3.8) is 0 Å². The highest BCUT2D eigenvalue weighted by atomic mass is 32.1. The molecule has 1 aromatic carbocycles. The van der Waals surface area contributed by atoms with Gasteiger partial charge in [0, 0.05) is 23.4 Å². The van der Waals surface area contributed by atoms with Crippen LogP contribution < -0.4 is 10.1 Å². The second-order valence-electron chi connectivity index (χ2n) is 6.30. The minimum Gasteiger partial charge on any atom is -0.492 e. The average molecular weight is 426 g/mol. The lowest BCUT2D eigenvalue weighted by atomic mass is 10.1. The smallest absolute Gasteiger partial charge is 0.349 e. The fraction of sp³-hybridized carbons (Fsp3) is 0.190. The maximum Gasteiger partial charge on any atom is 0.349 e. The van der Waals surface area contributed by atoms with E-state index in [4.69, 9.17) is 4.74 Å². The van der Waals surface area contributed by atoms with E-state index in [1.165, 1.54) is 22.0 Å². The second kappa shape index (κ2) is 8.59. The fourth-order valence-electron chi connectivity index (χ4n) is 3.01. The SMILES string of the molecule is CCOc1cc(-c2cc(NCCc3ccc4sccc4c3)ncn2)sc1C(=O)O. The first-order valence-corrected chi connectivity index (χ1v) is 10.9. The van der Waals surface area contributed by atoms with Gasteiger partial charge in [0.1, 0.15) is 17.9 Å². The molecule has 3 aromatic heterocycles. The number of fused-ring (bicyclic) bond motifs is 1. The van der Waals surface area contributed by atoms with Crippen LogP contribution in [0, 0.1) is 0 Å². The summed E-state index contributed by atoms with van der Waals surface area (Å²) in [6.45, 7) is 2.97. The number of hydrogen-bond donors (Lipinski definition) is 2. The molecule has 0 aliphatic carbocycles. The Morgan fingerprint density at radius 3 is 2.93 bits per heavy atom. The minimum absolute atomic E-state index is 0.179. The molecule has 0 aliphatic rings. The molecule has 4 aromatic rings. The first-order chi connectivity index (χ1) is 14.1. The lowest BCUT2D eigenvalue weighted by Gasteiger charge is -2.07. The van der Waals surface area contributed by atoms with Crippen molar-refractivity contribution in [1.29, 1.82) is 0 Å². The first-order valence-electron chi connectivity index (χ1n) is 9.16. The number of thiophene rings is 2. The fourth-order valence-corrected chi connectivity index (χ4v) is 4.69. The highest BCUT2D eigenvalue weighted by Gasteiger charge is 2.18. The number of carboxylic acids is 1. The molecule has 148 valence electrons. The Morgan fingerprint density at radius 2 is 2.10 bits per heavy atom. The van der Waals surface area contributed by atoms with Crippen molar-refractivity contribution in [1.82, 2.24) is 9.97 Å². The van der Waals surface area contributed by atoms with Crippen molar-refractivity contribution in [2.45, 2.75) is 13.3 Å². The molecule has 3 heterocycles. The zero-order valence-corrected chi connectivity index (χ0v) is 17.3. The Labute approximate surface area is 175 Å². The average Bonchev–Trinajstić information content (AvgIpc) is 3.35. The standard InChI is InChI=1S/C21H19N3O3S2/c1-2-27-16-11-18(29-20(16)21(25)26)15-10-19(24-12-23-15)22-7-5-13-3-4-17-14(9-13)6-8-28-17/h3-4,6,8-12H,2,5,7H2,1H3,(H,25,26)(H,22,23,24). The number of aromatic nitrogens is 2. The summed E-state index contributed by atoms with van der Waals surface area (Å²) >= 11 is 2.90. The molecule has 0 spiro atoms. The van der Waals surface area contributed by atoms with E-state index >= 15 is 0 Å². The minimum atomic E-state index is -1.00. The summed E-state index contributed by atoms with van der Waals surface area (Å²) < 4.78 is 6.74. The van der Waals surface area contributed by atoms with E-state index in [1.54, 1.807) is 17.4 Å². The lowest BCUT2D eigenvalue weighted by molar-refractivity contribution is 0.0698. The van der Waals surface area contributed by atoms with Crippen LogP contribution in [0.2, 0.25) is 0 Å². The maximum atomic E-state index is 11.4. The second-order valence-corrected chi connectivity index (χ2v) is 8.30. The Hall–Kier alpha value is -2.97. The molecule has 6 nitrogen and oxygen atoms in total. The molecule has 0 radical (unpaired) electrons. The van der Waals surface area contributed by atoms with E-state index < -0.39 is 5.97 Å². The van der Waals surface area contributed by atoms with Gasteiger partial charge in [-0.1, -0.05) is 12.1 Å². The summed E-state index contributed by atoms with van der Waals surface area (Å²) in [4.78, 5) is 20.9. The number of anilines is 1. The van der Waals surface area contributed by atoms with E-state index in [-0.39, 0.29) is 4.88 Å². The van der Waals surface area contributed by atoms with Crippen LogP contribution in [0.4, 0.5) is 5.82 Å². The quantitative estimate of drug-likeness (QED) is 0.405. The maximum absolute atomic E-state index is 11.4. The number of hydrogen-bond acceptors (Lipinski definition) is 7. The number of carbonyl (C=O) groups is 1. The zero-order chi connectivity index (χ0) is 20.2. The number of nitrogens with zero attached hydrogens (tertiary/aromatic N) is 2. The van der Waals surface area contributed by atoms with Gasteiger partial charge >= 0.3 is 5.97 Å². The Kier molecular flexibility index (Phi) is 5.73. The Bertz CT molecular complexity index is 1150. The van der Waals surface area contributed by atoms with Gasteiger partial charge in [0.2, 0.25) is 0 Å². The molecule has 2 N–H and O–H groups in total. The summed E-state index contributed by atoms with van der Waals surface area (Å²) in [5, 5.41) is 16.1. The summed E-state index contributed by atoms with van der Waals surface area (Å²) in [5.74, 6) is 0.0755. The molecular weight excluding hydrogens is 406 g/mol. The highest BCUT2D eigenvalue weighted by molar-refractivity contribution is 7.17. The van der Waals surface area contributed by atoms with Crippen LogP contribution in [-0.2, 0) is 6.42 Å². The van der Waals surface area contributed by atoms with Crippen LogP contribution >= 0.6 is 22.7 Å². The third-order valence-electron chi connectivity index (χ3n) is 4.35. The van der Waals surface area contributed by atoms with Crippen molar-refractivity contribution in [3.05, 3.63) is 58.5 Å². The topological polar surface area (TPSA) is 84.3 Å². The summed E-state index contributed by atoms with van der Waals surface area (Å²) in [7, 11) is 0. The molecule has 4 rings (SSSR count). The number of rotatable bonds is 8. The number of nitrogens with one attached hydrogen (secondary N) is 1. The molecule has 0 atom stereocenters. The summed E-state index contributed by atoms with van der Waals surface area (Å²) in [5.41, 5.74) is 1.93. The Morgan fingerprint density at radius 1 is 1.21 bits per heavy atom. The molecular formula is C21H19N3O3S2.